The monoisotopic (exact) mass is 299 g/mol. The Labute approximate surface area is 132 Å². The fraction of sp³-hybridized carbons (Fsp3) is 0.368. The molecule has 0 unspecified atom stereocenters. The summed E-state index contributed by atoms with van der Waals surface area (Å²) in [4.78, 5) is 0. The minimum atomic E-state index is 0.641. The molecular formula is C19H22ClN. The number of benzene rings is 2. The molecule has 0 radical (unpaired) electrons. The van der Waals surface area contributed by atoms with E-state index in [1.807, 2.05) is 6.07 Å². The lowest BCUT2D eigenvalue weighted by molar-refractivity contribution is 0.642. The Morgan fingerprint density at radius 3 is 2.81 bits per heavy atom. The molecular weight excluding hydrogens is 278 g/mol. The van der Waals surface area contributed by atoms with Crippen LogP contribution in [0.5, 0.6) is 0 Å². The molecule has 0 aliphatic carbocycles. The minimum Gasteiger partial charge on any atom is -0.312 e. The van der Waals surface area contributed by atoms with Gasteiger partial charge in [-0.2, -0.15) is 0 Å². The summed E-state index contributed by atoms with van der Waals surface area (Å²) in [5.41, 5.74) is 6.96. The van der Waals surface area contributed by atoms with Crippen LogP contribution in [0.15, 0.2) is 36.4 Å². The zero-order valence-corrected chi connectivity index (χ0v) is 13.5. The summed E-state index contributed by atoms with van der Waals surface area (Å²) >= 11 is 6.27. The normalized spacial score (nSPS) is 14.3. The highest BCUT2D eigenvalue weighted by Gasteiger charge is 2.16. The van der Waals surface area contributed by atoms with E-state index in [1.54, 1.807) is 0 Å². The molecule has 0 spiro atoms. The molecule has 21 heavy (non-hydrogen) atoms. The molecule has 0 fully saturated rings. The Morgan fingerprint density at radius 2 is 2.00 bits per heavy atom. The van der Waals surface area contributed by atoms with Crippen LogP contribution in [0.3, 0.4) is 0 Å². The van der Waals surface area contributed by atoms with Gasteiger partial charge < -0.3 is 5.32 Å². The molecule has 1 N–H and O–H groups in total. The van der Waals surface area contributed by atoms with Crippen molar-refractivity contribution < 1.29 is 0 Å². The molecule has 1 aliphatic heterocycles. The lowest BCUT2D eigenvalue weighted by atomic mass is 9.88. The number of nitrogens with one attached hydrogen (secondary N) is 1. The van der Waals surface area contributed by atoms with Gasteiger partial charge in [0.25, 0.3) is 0 Å². The quantitative estimate of drug-likeness (QED) is 0.854. The molecule has 0 atom stereocenters. The molecule has 0 saturated heterocycles. The number of rotatable bonds is 3. The number of hydrogen-bond donors (Lipinski definition) is 1. The maximum atomic E-state index is 6.27. The molecule has 1 heterocycles. The Bertz CT molecular complexity index is 646. The third-order valence-corrected chi connectivity index (χ3v) is 4.37. The zero-order chi connectivity index (χ0) is 14.8. The van der Waals surface area contributed by atoms with E-state index < -0.39 is 0 Å². The number of fused-ring (bicyclic) bond motifs is 1. The standard InChI is InChI=1S/C19H22ClN/c1-13(2)10-15-6-7-16(20)11-18(15)17-5-3-4-14-8-9-21-12-19(14)17/h3-7,11,13,21H,8-10,12H2,1-2H3. The summed E-state index contributed by atoms with van der Waals surface area (Å²) < 4.78 is 0. The Balaban J connectivity index is 2.13. The van der Waals surface area contributed by atoms with E-state index in [9.17, 15) is 0 Å². The van der Waals surface area contributed by atoms with E-state index in [-0.39, 0.29) is 0 Å². The molecule has 110 valence electrons. The van der Waals surface area contributed by atoms with Gasteiger partial charge in [-0.15, -0.1) is 0 Å². The van der Waals surface area contributed by atoms with Crippen LogP contribution >= 0.6 is 11.6 Å². The van der Waals surface area contributed by atoms with Gasteiger partial charge in [0.05, 0.1) is 0 Å². The maximum absolute atomic E-state index is 6.27. The van der Waals surface area contributed by atoms with E-state index in [0.717, 1.165) is 31.0 Å². The lowest BCUT2D eigenvalue weighted by Gasteiger charge is -2.22. The zero-order valence-electron chi connectivity index (χ0n) is 12.7. The van der Waals surface area contributed by atoms with Crippen LogP contribution < -0.4 is 5.32 Å². The van der Waals surface area contributed by atoms with Crippen molar-refractivity contribution in [3.63, 3.8) is 0 Å². The van der Waals surface area contributed by atoms with Crippen molar-refractivity contribution in [3.05, 3.63) is 58.1 Å². The highest BCUT2D eigenvalue weighted by atomic mass is 35.5. The first-order valence-corrected chi connectivity index (χ1v) is 8.13. The van der Waals surface area contributed by atoms with Gasteiger partial charge in [-0.3, -0.25) is 0 Å². The second kappa shape index (κ2) is 6.21. The number of hydrogen-bond acceptors (Lipinski definition) is 1. The van der Waals surface area contributed by atoms with Gasteiger partial charge in [-0.1, -0.05) is 49.7 Å². The molecule has 1 nitrogen and oxygen atoms in total. The molecule has 0 aromatic heterocycles. The fourth-order valence-electron chi connectivity index (χ4n) is 3.18. The second-order valence-corrected chi connectivity index (χ2v) is 6.71. The molecule has 2 aromatic carbocycles. The molecule has 0 amide bonds. The predicted molar refractivity (Wildman–Crippen MR) is 90.8 cm³/mol. The van der Waals surface area contributed by atoms with Gasteiger partial charge in [-0.25, -0.2) is 0 Å². The predicted octanol–water partition coefficient (Wildman–Crippen LogP) is 4.85. The molecule has 2 aromatic rings. The highest BCUT2D eigenvalue weighted by molar-refractivity contribution is 6.30. The van der Waals surface area contributed by atoms with Crippen molar-refractivity contribution in [1.82, 2.24) is 5.32 Å². The summed E-state index contributed by atoms with van der Waals surface area (Å²) in [6.07, 6.45) is 2.20. The van der Waals surface area contributed by atoms with Crippen molar-refractivity contribution in [2.45, 2.75) is 33.2 Å². The van der Waals surface area contributed by atoms with Crippen LogP contribution in [0.2, 0.25) is 5.02 Å². The van der Waals surface area contributed by atoms with Crippen LogP contribution in [-0.4, -0.2) is 6.54 Å². The first-order chi connectivity index (χ1) is 10.1. The molecule has 1 aliphatic rings. The maximum Gasteiger partial charge on any atom is 0.0412 e. The largest absolute Gasteiger partial charge is 0.312 e. The lowest BCUT2D eigenvalue weighted by Crippen LogP contribution is -2.24. The summed E-state index contributed by atoms with van der Waals surface area (Å²) in [5.74, 6) is 0.641. The number of halogens is 1. The van der Waals surface area contributed by atoms with E-state index >= 15 is 0 Å². The first kappa shape index (κ1) is 14.6. The average Bonchev–Trinajstić information content (AvgIpc) is 2.48. The van der Waals surface area contributed by atoms with Gasteiger partial charge in [0.15, 0.2) is 0 Å². The average molecular weight is 300 g/mol. The third kappa shape index (κ3) is 3.14. The topological polar surface area (TPSA) is 12.0 Å². The van der Waals surface area contributed by atoms with Crippen LogP contribution in [0.4, 0.5) is 0 Å². The van der Waals surface area contributed by atoms with E-state index in [2.05, 4.69) is 49.5 Å². The highest BCUT2D eigenvalue weighted by Crippen LogP contribution is 2.33. The minimum absolute atomic E-state index is 0.641. The van der Waals surface area contributed by atoms with Crippen LogP contribution in [0, 0.1) is 5.92 Å². The van der Waals surface area contributed by atoms with Crippen LogP contribution in [0.25, 0.3) is 11.1 Å². The van der Waals surface area contributed by atoms with Gasteiger partial charge >= 0.3 is 0 Å². The Morgan fingerprint density at radius 1 is 1.14 bits per heavy atom. The van der Waals surface area contributed by atoms with E-state index in [4.69, 9.17) is 11.6 Å². The van der Waals surface area contributed by atoms with Crippen molar-refractivity contribution in [3.8, 4) is 11.1 Å². The molecule has 0 bridgehead atoms. The van der Waals surface area contributed by atoms with Crippen molar-refractivity contribution in [2.24, 2.45) is 5.92 Å². The Kier molecular flexibility index (Phi) is 4.32. The van der Waals surface area contributed by atoms with E-state index in [1.165, 1.54) is 27.8 Å². The second-order valence-electron chi connectivity index (χ2n) is 6.27. The summed E-state index contributed by atoms with van der Waals surface area (Å²) in [7, 11) is 0. The summed E-state index contributed by atoms with van der Waals surface area (Å²) in [6.45, 7) is 6.56. The van der Waals surface area contributed by atoms with Gasteiger partial charge in [0.1, 0.15) is 0 Å². The smallest absolute Gasteiger partial charge is 0.0412 e. The van der Waals surface area contributed by atoms with Crippen LogP contribution in [-0.2, 0) is 19.4 Å². The summed E-state index contributed by atoms with van der Waals surface area (Å²) in [5, 5.41) is 4.31. The van der Waals surface area contributed by atoms with Crippen molar-refractivity contribution in [2.75, 3.05) is 6.54 Å². The van der Waals surface area contributed by atoms with Crippen LogP contribution in [0.1, 0.15) is 30.5 Å². The fourth-order valence-corrected chi connectivity index (χ4v) is 3.36. The van der Waals surface area contributed by atoms with Gasteiger partial charge in [-0.05, 0) is 65.3 Å². The van der Waals surface area contributed by atoms with Gasteiger partial charge in [0.2, 0.25) is 0 Å². The first-order valence-electron chi connectivity index (χ1n) is 7.75. The molecule has 0 saturated carbocycles. The van der Waals surface area contributed by atoms with Gasteiger partial charge in [0, 0.05) is 11.6 Å². The van der Waals surface area contributed by atoms with Crippen molar-refractivity contribution >= 4 is 11.6 Å². The molecule has 2 heteroatoms. The Hall–Kier alpha value is -1.31. The third-order valence-electron chi connectivity index (χ3n) is 4.14. The van der Waals surface area contributed by atoms with Crippen molar-refractivity contribution in [1.29, 1.82) is 0 Å². The SMILES string of the molecule is CC(C)Cc1ccc(Cl)cc1-c1cccc2c1CNCC2. The van der Waals surface area contributed by atoms with E-state index in [0.29, 0.717) is 5.92 Å². The molecule has 3 rings (SSSR count). The summed E-state index contributed by atoms with van der Waals surface area (Å²) in [6, 6.07) is 13.0.